The van der Waals surface area contributed by atoms with Crippen molar-refractivity contribution in [2.75, 3.05) is 0 Å². The van der Waals surface area contributed by atoms with Gasteiger partial charge in [0.2, 0.25) is 0 Å². The second-order valence-corrected chi connectivity index (χ2v) is 4.62. The maximum atomic E-state index is 12.2. The molecule has 0 unspecified atom stereocenters. The summed E-state index contributed by atoms with van der Waals surface area (Å²) in [6.45, 7) is 9.03. The number of carbonyl (C=O) groups excluding carboxylic acids is 1. The Morgan fingerprint density at radius 2 is 1.90 bits per heavy atom. The molecule has 0 aromatic carbocycles. The molecule has 6 heteroatoms. The fraction of sp³-hybridized carbons (Fsp3) is 0.333. The van der Waals surface area contributed by atoms with E-state index >= 15 is 0 Å². The summed E-state index contributed by atoms with van der Waals surface area (Å²) < 4.78 is 7.07. The van der Waals surface area contributed by atoms with Gasteiger partial charge in [-0.05, 0) is 34.6 Å². The molecule has 21 heavy (non-hydrogen) atoms. The second-order valence-electron chi connectivity index (χ2n) is 4.62. The van der Waals surface area contributed by atoms with Crippen molar-refractivity contribution in [3.05, 3.63) is 41.0 Å². The molecule has 0 aliphatic heterocycles. The topological polar surface area (TPSA) is 69.4 Å². The molecule has 2 rings (SSSR count). The third-order valence-electron chi connectivity index (χ3n) is 3.03. The smallest absolute Gasteiger partial charge is 0.343 e. The number of fused-ring (bicyclic) bond motifs is 1. The molecule has 0 saturated heterocycles. The molecule has 0 atom stereocenters. The molecule has 0 aliphatic carbocycles. The van der Waals surface area contributed by atoms with Crippen molar-refractivity contribution < 1.29 is 9.53 Å². The molecule has 0 spiro atoms. The van der Waals surface area contributed by atoms with Crippen LogP contribution < -0.4 is 4.74 Å². The van der Waals surface area contributed by atoms with Gasteiger partial charge in [-0.3, -0.25) is 0 Å². The van der Waals surface area contributed by atoms with Crippen molar-refractivity contribution in [3.8, 4) is 5.75 Å². The standard InChI is InChI=1S/C15H18N4O2/c1-6-8-12(7-2)14(20)21-13-9(3)16-15-17-11(5)18-19(15)10(13)4/h6-8H,1-5H3/b8-6-,12-7+. The number of allylic oxidation sites excluding steroid dienone is 2. The first-order chi connectivity index (χ1) is 9.97. The van der Waals surface area contributed by atoms with Crippen molar-refractivity contribution >= 4 is 11.7 Å². The van der Waals surface area contributed by atoms with Crippen LogP contribution in [0.4, 0.5) is 0 Å². The minimum absolute atomic E-state index is 0.417. The van der Waals surface area contributed by atoms with E-state index < -0.39 is 5.97 Å². The quantitative estimate of drug-likeness (QED) is 0.492. The van der Waals surface area contributed by atoms with E-state index in [9.17, 15) is 4.79 Å². The number of rotatable bonds is 3. The predicted octanol–water partition coefficient (Wildman–Crippen LogP) is 2.48. The Kier molecular flexibility index (Phi) is 4.16. The lowest BCUT2D eigenvalue weighted by atomic mass is 10.2. The van der Waals surface area contributed by atoms with E-state index in [4.69, 9.17) is 4.74 Å². The van der Waals surface area contributed by atoms with E-state index in [0.717, 1.165) is 0 Å². The molecule has 0 aliphatic rings. The van der Waals surface area contributed by atoms with Crippen molar-refractivity contribution in [1.29, 1.82) is 0 Å². The van der Waals surface area contributed by atoms with Crippen LogP contribution in [0.1, 0.15) is 31.1 Å². The Morgan fingerprint density at radius 3 is 2.52 bits per heavy atom. The number of esters is 1. The zero-order valence-corrected chi connectivity index (χ0v) is 12.8. The molecule has 0 saturated carbocycles. The van der Waals surface area contributed by atoms with Gasteiger partial charge in [0.15, 0.2) is 5.75 Å². The Morgan fingerprint density at radius 1 is 1.19 bits per heavy atom. The molecule has 0 bridgehead atoms. The van der Waals surface area contributed by atoms with Gasteiger partial charge in [-0.15, -0.1) is 5.10 Å². The Hall–Kier alpha value is -2.50. The Balaban J connectivity index is 2.45. The van der Waals surface area contributed by atoms with Crippen LogP contribution in [0.2, 0.25) is 0 Å². The first kappa shape index (κ1) is 14.9. The molecule has 2 heterocycles. The molecular weight excluding hydrogens is 268 g/mol. The molecule has 0 amide bonds. The number of aryl methyl sites for hydroxylation is 3. The van der Waals surface area contributed by atoms with Crippen molar-refractivity contribution in [3.63, 3.8) is 0 Å². The van der Waals surface area contributed by atoms with Crippen molar-refractivity contribution in [2.24, 2.45) is 0 Å². The lowest BCUT2D eigenvalue weighted by Gasteiger charge is -2.10. The molecule has 6 nitrogen and oxygen atoms in total. The maximum Gasteiger partial charge on any atom is 0.343 e. The van der Waals surface area contributed by atoms with Crippen LogP contribution in [0.25, 0.3) is 5.78 Å². The van der Waals surface area contributed by atoms with Gasteiger partial charge in [-0.1, -0.05) is 18.2 Å². The molecule has 0 N–H and O–H groups in total. The highest BCUT2D eigenvalue weighted by atomic mass is 16.5. The highest BCUT2D eigenvalue weighted by molar-refractivity contribution is 5.93. The number of hydrogen-bond acceptors (Lipinski definition) is 5. The Bertz CT molecular complexity index is 757. The fourth-order valence-electron chi connectivity index (χ4n) is 2.02. The lowest BCUT2D eigenvalue weighted by molar-refractivity contribution is -0.129. The van der Waals surface area contributed by atoms with Crippen LogP contribution in [0.3, 0.4) is 0 Å². The minimum Gasteiger partial charge on any atom is -0.419 e. The molecule has 0 radical (unpaired) electrons. The van der Waals surface area contributed by atoms with Crippen LogP contribution in [0.15, 0.2) is 23.8 Å². The van der Waals surface area contributed by atoms with Gasteiger partial charge in [0, 0.05) is 0 Å². The maximum absolute atomic E-state index is 12.2. The third kappa shape index (κ3) is 2.84. The fourth-order valence-corrected chi connectivity index (χ4v) is 2.02. The van der Waals surface area contributed by atoms with Crippen LogP contribution in [-0.4, -0.2) is 25.6 Å². The van der Waals surface area contributed by atoms with Crippen LogP contribution >= 0.6 is 0 Å². The van der Waals surface area contributed by atoms with Gasteiger partial charge in [0.05, 0.1) is 17.0 Å². The van der Waals surface area contributed by atoms with Gasteiger partial charge >= 0.3 is 5.97 Å². The summed E-state index contributed by atoms with van der Waals surface area (Å²) in [5, 5.41) is 4.25. The van der Waals surface area contributed by atoms with E-state index in [1.54, 1.807) is 43.5 Å². The highest BCUT2D eigenvalue weighted by Gasteiger charge is 2.17. The number of hydrogen-bond donors (Lipinski definition) is 0. The van der Waals surface area contributed by atoms with E-state index in [0.29, 0.717) is 34.3 Å². The third-order valence-corrected chi connectivity index (χ3v) is 3.03. The van der Waals surface area contributed by atoms with Gasteiger partial charge in [-0.25, -0.2) is 9.78 Å². The summed E-state index contributed by atoms with van der Waals surface area (Å²) >= 11 is 0. The molecular formula is C15H18N4O2. The summed E-state index contributed by atoms with van der Waals surface area (Å²) in [7, 11) is 0. The normalized spacial score (nSPS) is 12.3. The molecule has 0 fully saturated rings. The average molecular weight is 286 g/mol. The zero-order valence-electron chi connectivity index (χ0n) is 12.8. The highest BCUT2D eigenvalue weighted by Crippen LogP contribution is 2.23. The summed E-state index contributed by atoms with van der Waals surface area (Å²) in [5.74, 6) is 1.12. The Labute approximate surface area is 123 Å². The first-order valence-corrected chi connectivity index (χ1v) is 6.69. The van der Waals surface area contributed by atoms with Crippen molar-refractivity contribution in [1.82, 2.24) is 19.6 Å². The summed E-state index contributed by atoms with van der Waals surface area (Å²) in [4.78, 5) is 20.7. The lowest BCUT2D eigenvalue weighted by Crippen LogP contribution is -2.14. The van der Waals surface area contributed by atoms with Crippen LogP contribution in [0.5, 0.6) is 5.75 Å². The minimum atomic E-state index is -0.417. The SMILES string of the molecule is C/C=C\C(=C/C)C(=O)Oc1c(C)nc2nc(C)nn2c1C. The van der Waals surface area contributed by atoms with E-state index in [2.05, 4.69) is 15.1 Å². The molecule has 2 aromatic heterocycles. The average Bonchev–Trinajstić information content (AvgIpc) is 2.81. The number of aromatic nitrogens is 4. The summed E-state index contributed by atoms with van der Waals surface area (Å²) in [6.07, 6.45) is 5.20. The van der Waals surface area contributed by atoms with E-state index in [-0.39, 0.29) is 0 Å². The number of nitrogens with zero attached hydrogens (tertiary/aromatic N) is 4. The molecule has 2 aromatic rings. The zero-order chi connectivity index (χ0) is 15.6. The van der Waals surface area contributed by atoms with Gasteiger partial charge in [0.1, 0.15) is 5.82 Å². The summed E-state index contributed by atoms with van der Waals surface area (Å²) in [6, 6.07) is 0. The molecule has 110 valence electrons. The van der Waals surface area contributed by atoms with Crippen LogP contribution in [-0.2, 0) is 4.79 Å². The van der Waals surface area contributed by atoms with Crippen LogP contribution in [0, 0.1) is 20.8 Å². The first-order valence-electron chi connectivity index (χ1n) is 6.69. The monoisotopic (exact) mass is 286 g/mol. The number of ether oxygens (including phenoxy) is 1. The van der Waals surface area contributed by atoms with Gasteiger partial charge in [-0.2, -0.15) is 9.50 Å². The number of carbonyl (C=O) groups is 1. The van der Waals surface area contributed by atoms with Crippen molar-refractivity contribution in [2.45, 2.75) is 34.6 Å². The second kappa shape index (κ2) is 5.87. The largest absolute Gasteiger partial charge is 0.419 e. The van der Waals surface area contributed by atoms with E-state index in [1.807, 2.05) is 13.8 Å². The summed E-state index contributed by atoms with van der Waals surface area (Å²) in [5.41, 5.74) is 1.80. The van der Waals surface area contributed by atoms with Gasteiger partial charge < -0.3 is 4.74 Å². The van der Waals surface area contributed by atoms with Gasteiger partial charge in [0.25, 0.3) is 5.78 Å². The predicted molar refractivity (Wildman–Crippen MR) is 79.2 cm³/mol. The van der Waals surface area contributed by atoms with E-state index in [1.165, 1.54) is 0 Å².